The molecule has 6 nitrogen and oxygen atoms in total. The average molecular weight is 498 g/mol. The molecule has 0 N–H and O–H groups in total. The van der Waals surface area contributed by atoms with Crippen molar-refractivity contribution < 1.29 is 76.8 Å². The van der Waals surface area contributed by atoms with E-state index in [0.29, 0.717) is 0 Å². The molecule has 1 atom stereocenters. The lowest BCUT2D eigenvalue weighted by molar-refractivity contribution is -0.487. The van der Waals surface area contributed by atoms with Gasteiger partial charge in [0.1, 0.15) is 5.60 Å². The monoisotopic (exact) mass is 498 g/mol. The third-order valence-corrected chi connectivity index (χ3v) is 3.98. The van der Waals surface area contributed by atoms with Crippen LogP contribution >= 0.6 is 0 Å². The van der Waals surface area contributed by atoms with Crippen molar-refractivity contribution in [2.45, 2.75) is 62.4 Å². The molecule has 17 heteroatoms. The van der Waals surface area contributed by atoms with Gasteiger partial charge in [0.2, 0.25) is 0 Å². The van der Waals surface area contributed by atoms with Gasteiger partial charge in [-0.25, -0.2) is 9.59 Å². The summed E-state index contributed by atoms with van der Waals surface area (Å²) in [7, 11) is 0. The molecule has 1 heterocycles. The Kier molecular flexibility index (Phi) is 6.71. The van der Waals surface area contributed by atoms with E-state index in [1.807, 2.05) is 0 Å². The second-order valence-corrected chi connectivity index (χ2v) is 6.85. The molecule has 1 saturated heterocycles. The van der Waals surface area contributed by atoms with Crippen molar-refractivity contribution in [1.82, 2.24) is 0 Å². The minimum atomic E-state index is -6.94. The molecule has 0 radical (unpaired) electrons. The summed E-state index contributed by atoms with van der Waals surface area (Å²) in [4.78, 5) is 22.8. The summed E-state index contributed by atoms with van der Waals surface area (Å²) in [6, 6.07) is 0. The van der Waals surface area contributed by atoms with Crippen LogP contribution in [0.1, 0.15) is 20.8 Å². The fourth-order valence-electron chi connectivity index (χ4n) is 2.55. The van der Waals surface area contributed by atoms with Crippen molar-refractivity contribution in [1.29, 1.82) is 0 Å². The van der Waals surface area contributed by atoms with E-state index >= 15 is 0 Å². The molecule has 0 aromatic carbocycles. The highest BCUT2D eigenvalue weighted by molar-refractivity contribution is 5.88. The van der Waals surface area contributed by atoms with Gasteiger partial charge < -0.3 is 14.2 Å². The standard InChI is InChI=1S/C15H13F11O6/c1-6(2)8(28)29-5-7(27)30-15(11(16,17)14(24,25)26)31-9(3,4)10(32-15,12(18,19)20)13(21,22)23/h1,5H2,2-4H3. The number of hydrogen-bond donors (Lipinski definition) is 0. The zero-order valence-electron chi connectivity index (χ0n) is 16.0. The van der Waals surface area contributed by atoms with E-state index in [9.17, 15) is 57.9 Å². The van der Waals surface area contributed by atoms with E-state index in [0.717, 1.165) is 6.92 Å². The maximum absolute atomic E-state index is 14.1. The van der Waals surface area contributed by atoms with Crippen molar-refractivity contribution in [3.05, 3.63) is 12.2 Å². The highest BCUT2D eigenvalue weighted by Gasteiger charge is 2.92. The summed E-state index contributed by atoms with van der Waals surface area (Å²) in [6.07, 6.45) is -20.3. The molecule has 0 spiro atoms. The van der Waals surface area contributed by atoms with Crippen LogP contribution in [-0.4, -0.2) is 60.2 Å². The van der Waals surface area contributed by atoms with Gasteiger partial charge in [0.25, 0.3) is 5.60 Å². The Balaban J connectivity index is 3.66. The topological polar surface area (TPSA) is 71.1 Å². The van der Waals surface area contributed by atoms with E-state index in [2.05, 4.69) is 25.5 Å². The van der Waals surface area contributed by atoms with Crippen molar-refractivity contribution in [2.24, 2.45) is 0 Å². The summed E-state index contributed by atoms with van der Waals surface area (Å²) in [5.74, 6) is -16.3. The Morgan fingerprint density at radius 2 is 1.31 bits per heavy atom. The number of rotatable bonds is 5. The number of carbonyl (C=O) groups excluding carboxylic acids is 2. The highest BCUT2D eigenvalue weighted by atomic mass is 19.4. The van der Waals surface area contributed by atoms with Crippen molar-refractivity contribution >= 4 is 11.9 Å². The third kappa shape index (κ3) is 4.23. The summed E-state index contributed by atoms with van der Waals surface area (Å²) in [5.41, 5.74) is -10.3. The summed E-state index contributed by atoms with van der Waals surface area (Å²) >= 11 is 0. The van der Waals surface area contributed by atoms with Crippen LogP contribution in [0.3, 0.4) is 0 Å². The first kappa shape index (κ1) is 27.9. The number of halogens is 11. The molecular formula is C15H13F11O6. The quantitative estimate of drug-likeness (QED) is 0.322. The van der Waals surface area contributed by atoms with Crippen LogP contribution in [0.15, 0.2) is 12.2 Å². The maximum Gasteiger partial charge on any atom is 0.463 e. The van der Waals surface area contributed by atoms with Gasteiger partial charge in [-0.2, -0.15) is 48.3 Å². The highest BCUT2D eigenvalue weighted by Crippen LogP contribution is 2.64. The third-order valence-electron chi connectivity index (χ3n) is 3.98. The molecule has 32 heavy (non-hydrogen) atoms. The van der Waals surface area contributed by atoms with Crippen LogP contribution in [0.5, 0.6) is 0 Å². The zero-order valence-corrected chi connectivity index (χ0v) is 16.0. The Labute approximate surface area is 171 Å². The van der Waals surface area contributed by atoms with Crippen molar-refractivity contribution in [3.63, 3.8) is 0 Å². The van der Waals surface area contributed by atoms with E-state index < -0.39 is 65.7 Å². The number of alkyl halides is 11. The smallest absolute Gasteiger partial charge is 0.450 e. The first-order valence-corrected chi connectivity index (χ1v) is 7.91. The van der Waals surface area contributed by atoms with Crippen molar-refractivity contribution in [2.75, 3.05) is 6.61 Å². The van der Waals surface area contributed by atoms with E-state index in [1.54, 1.807) is 0 Å². The van der Waals surface area contributed by atoms with E-state index in [1.165, 1.54) is 0 Å². The molecule has 1 fully saturated rings. The van der Waals surface area contributed by atoms with Gasteiger partial charge in [0.15, 0.2) is 6.61 Å². The Hall–Kier alpha value is -2.17. The van der Waals surface area contributed by atoms with E-state index in [-0.39, 0.29) is 13.8 Å². The fraction of sp³-hybridized carbons (Fsp3) is 0.733. The van der Waals surface area contributed by atoms with Gasteiger partial charge in [-0.15, -0.1) is 0 Å². The number of ether oxygens (including phenoxy) is 4. The largest absolute Gasteiger partial charge is 0.463 e. The van der Waals surface area contributed by atoms with E-state index in [4.69, 9.17) is 0 Å². The first-order valence-electron chi connectivity index (χ1n) is 7.91. The van der Waals surface area contributed by atoms with Gasteiger partial charge in [0.05, 0.1) is 0 Å². The predicted octanol–water partition coefficient (Wildman–Crippen LogP) is 4.19. The number of carbonyl (C=O) groups is 2. The van der Waals surface area contributed by atoms with Crippen LogP contribution in [0.4, 0.5) is 48.3 Å². The molecule has 1 aliphatic heterocycles. The second kappa shape index (κ2) is 7.71. The zero-order chi connectivity index (χ0) is 25.8. The average Bonchev–Trinajstić information content (AvgIpc) is 2.79. The molecule has 0 aliphatic carbocycles. The maximum atomic E-state index is 14.1. The molecule has 0 aromatic rings. The lowest BCUT2D eigenvalue weighted by Crippen LogP contribution is -2.68. The fourth-order valence-corrected chi connectivity index (χ4v) is 2.55. The van der Waals surface area contributed by atoms with Gasteiger partial charge in [0, 0.05) is 5.57 Å². The molecule has 1 unspecified atom stereocenters. The minimum Gasteiger partial charge on any atom is -0.450 e. The van der Waals surface area contributed by atoms with Gasteiger partial charge in [-0.05, 0) is 20.8 Å². The second-order valence-electron chi connectivity index (χ2n) is 6.85. The van der Waals surface area contributed by atoms with Crippen LogP contribution in [0.2, 0.25) is 0 Å². The van der Waals surface area contributed by atoms with Gasteiger partial charge in [-0.1, -0.05) is 6.58 Å². The Morgan fingerprint density at radius 3 is 1.62 bits per heavy atom. The lowest BCUT2D eigenvalue weighted by atomic mass is 9.84. The van der Waals surface area contributed by atoms with Crippen LogP contribution in [0.25, 0.3) is 0 Å². The van der Waals surface area contributed by atoms with Crippen LogP contribution < -0.4 is 0 Å². The number of hydrogen-bond acceptors (Lipinski definition) is 6. The summed E-state index contributed by atoms with van der Waals surface area (Å²) in [5, 5.41) is 0. The SMILES string of the molecule is C=C(C)C(=O)OCC(=O)OC1(C(F)(F)C(F)(F)F)OC(C)(C)C(C(F)(F)F)(C(F)(F)F)O1. The molecular weight excluding hydrogens is 485 g/mol. The Bertz CT molecular complexity index is 766. The van der Waals surface area contributed by atoms with Crippen LogP contribution in [-0.2, 0) is 28.5 Å². The molecule has 1 rings (SSSR count). The molecule has 0 bridgehead atoms. The molecule has 1 aliphatic rings. The summed E-state index contributed by atoms with van der Waals surface area (Å²) in [6.45, 7) is 1.89. The molecule has 0 saturated carbocycles. The van der Waals surface area contributed by atoms with Crippen LogP contribution in [0, 0.1) is 0 Å². The van der Waals surface area contributed by atoms with Gasteiger partial charge in [-0.3, -0.25) is 4.74 Å². The molecule has 186 valence electrons. The lowest BCUT2D eigenvalue weighted by Gasteiger charge is -2.40. The first-order chi connectivity index (χ1) is 13.9. The van der Waals surface area contributed by atoms with Crippen molar-refractivity contribution in [3.8, 4) is 0 Å². The molecule has 0 aromatic heterocycles. The van der Waals surface area contributed by atoms with Gasteiger partial charge >= 0.3 is 42.4 Å². The number of esters is 2. The summed E-state index contributed by atoms with van der Waals surface area (Å²) < 4.78 is 162. The minimum absolute atomic E-state index is 0.156. The Morgan fingerprint density at radius 1 is 0.875 bits per heavy atom. The predicted molar refractivity (Wildman–Crippen MR) is 76.7 cm³/mol. The molecule has 0 amide bonds. The normalized spacial score (nSPS) is 23.6.